The third-order valence-electron chi connectivity index (χ3n) is 4.07. The Kier molecular flexibility index (Phi) is 5.24. The van der Waals surface area contributed by atoms with E-state index in [4.69, 9.17) is 0 Å². The molecule has 1 N–H and O–H groups in total. The summed E-state index contributed by atoms with van der Waals surface area (Å²) < 4.78 is 53.9. The predicted octanol–water partition coefficient (Wildman–Crippen LogP) is 4.61. The molecule has 0 atom stereocenters. The lowest BCUT2D eigenvalue weighted by Gasteiger charge is -2.20. The van der Waals surface area contributed by atoms with Crippen LogP contribution < -0.4 is 4.90 Å². The highest BCUT2D eigenvalue weighted by atomic mass is 32.2. The minimum Gasteiger partial charge on any atom is -0.392 e. The van der Waals surface area contributed by atoms with Gasteiger partial charge in [0.1, 0.15) is 5.82 Å². The van der Waals surface area contributed by atoms with Crippen molar-refractivity contribution in [1.82, 2.24) is 0 Å². The molecular formula is C18H15F4NO2S. The van der Waals surface area contributed by atoms with Crippen LogP contribution in [0.1, 0.15) is 24.0 Å². The maximum atomic E-state index is 13.5. The topological polar surface area (TPSA) is 40.5 Å². The first-order valence-electron chi connectivity index (χ1n) is 7.88. The van der Waals surface area contributed by atoms with Gasteiger partial charge < -0.3 is 10.0 Å². The van der Waals surface area contributed by atoms with Crippen LogP contribution in [0.5, 0.6) is 0 Å². The molecule has 0 aromatic heterocycles. The van der Waals surface area contributed by atoms with Gasteiger partial charge in [0, 0.05) is 28.4 Å². The number of nitrogens with zero attached hydrogens (tertiary/aromatic N) is 1. The van der Waals surface area contributed by atoms with Gasteiger partial charge in [-0.2, -0.15) is 13.2 Å². The molecule has 0 radical (unpaired) electrons. The number of amides is 1. The second-order valence-electron chi connectivity index (χ2n) is 5.84. The average Bonchev–Trinajstić information content (AvgIpc) is 3.02. The molecule has 0 aliphatic carbocycles. The summed E-state index contributed by atoms with van der Waals surface area (Å²) in [4.78, 5) is 13.4. The van der Waals surface area contributed by atoms with Crippen molar-refractivity contribution in [3.05, 3.63) is 53.3 Å². The van der Waals surface area contributed by atoms with Crippen molar-refractivity contribution >= 4 is 23.4 Å². The zero-order valence-corrected chi connectivity index (χ0v) is 14.3. The van der Waals surface area contributed by atoms with Gasteiger partial charge in [0.25, 0.3) is 0 Å². The van der Waals surface area contributed by atoms with Crippen molar-refractivity contribution in [2.75, 3.05) is 11.4 Å². The largest absolute Gasteiger partial charge is 0.417 e. The fraction of sp³-hybridized carbons (Fsp3) is 0.278. The van der Waals surface area contributed by atoms with Gasteiger partial charge in [-0.1, -0.05) is 11.8 Å². The average molecular weight is 385 g/mol. The summed E-state index contributed by atoms with van der Waals surface area (Å²) in [5.41, 5.74) is -0.444. The summed E-state index contributed by atoms with van der Waals surface area (Å²) >= 11 is 0.803. The van der Waals surface area contributed by atoms with Crippen LogP contribution in [-0.4, -0.2) is 17.6 Å². The van der Waals surface area contributed by atoms with E-state index >= 15 is 0 Å². The zero-order chi connectivity index (χ0) is 18.9. The molecule has 26 heavy (non-hydrogen) atoms. The third kappa shape index (κ3) is 3.86. The van der Waals surface area contributed by atoms with Gasteiger partial charge >= 0.3 is 6.18 Å². The van der Waals surface area contributed by atoms with Crippen molar-refractivity contribution < 1.29 is 27.5 Å². The van der Waals surface area contributed by atoms with Crippen LogP contribution in [0.25, 0.3) is 0 Å². The number of benzene rings is 2. The van der Waals surface area contributed by atoms with E-state index in [1.54, 1.807) is 0 Å². The van der Waals surface area contributed by atoms with Crippen molar-refractivity contribution in [3.8, 4) is 0 Å². The van der Waals surface area contributed by atoms with E-state index in [0.717, 1.165) is 30.0 Å². The number of aliphatic hydroxyl groups is 1. The molecule has 1 amide bonds. The number of hydrogen-bond donors (Lipinski definition) is 1. The van der Waals surface area contributed by atoms with Crippen LogP contribution in [0.2, 0.25) is 0 Å². The van der Waals surface area contributed by atoms with Crippen molar-refractivity contribution in [2.45, 2.75) is 35.4 Å². The molecule has 3 rings (SSSR count). The molecular weight excluding hydrogens is 370 g/mol. The number of aliphatic hydroxyl groups excluding tert-OH is 1. The Hall–Kier alpha value is -2.06. The van der Waals surface area contributed by atoms with Gasteiger partial charge in [-0.3, -0.25) is 4.79 Å². The lowest BCUT2D eigenvalue weighted by molar-refractivity contribution is -0.139. The molecule has 0 spiro atoms. The van der Waals surface area contributed by atoms with E-state index in [1.165, 1.54) is 23.1 Å². The summed E-state index contributed by atoms with van der Waals surface area (Å²) in [6, 6.07) is 7.30. The van der Waals surface area contributed by atoms with Gasteiger partial charge in [-0.05, 0) is 48.4 Å². The number of halogens is 4. The molecule has 2 aromatic carbocycles. The summed E-state index contributed by atoms with van der Waals surface area (Å²) in [6.45, 7) is -0.0863. The van der Waals surface area contributed by atoms with Gasteiger partial charge in [-0.15, -0.1) is 0 Å². The molecule has 0 bridgehead atoms. The second kappa shape index (κ2) is 7.28. The number of carbonyl (C=O) groups is 1. The first kappa shape index (κ1) is 18.7. The van der Waals surface area contributed by atoms with E-state index in [-0.39, 0.29) is 22.1 Å². The zero-order valence-electron chi connectivity index (χ0n) is 13.5. The van der Waals surface area contributed by atoms with Crippen LogP contribution in [0.4, 0.5) is 23.2 Å². The highest BCUT2D eigenvalue weighted by molar-refractivity contribution is 7.99. The number of carbonyl (C=O) groups excluding carboxylic acids is 1. The van der Waals surface area contributed by atoms with E-state index in [0.29, 0.717) is 24.3 Å². The van der Waals surface area contributed by atoms with E-state index in [1.807, 2.05) is 0 Å². The molecule has 1 fully saturated rings. The summed E-state index contributed by atoms with van der Waals surface area (Å²) in [6.07, 6.45) is -3.67. The molecule has 0 saturated carbocycles. The van der Waals surface area contributed by atoms with Gasteiger partial charge in [-0.25, -0.2) is 4.39 Å². The van der Waals surface area contributed by atoms with Crippen LogP contribution in [0.3, 0.4) is 0 Å². The summed E-state index contributed by atoms with van der Waals surface area (Å²) in [7, 11) is 0. The van der Waals surface area contributed by atoms with Crippen LogP contribution in [0.15, 0.2) is 46.2 Å². The molecule has 3 nitrogen and oxygen atoms in total. The summed E-state index contributed by atoms with van der Waals surface area (Å²) in [5, 5.41) is 9.32. The highest BCUT2D eigenvalue weighted by Crippen LogP contribution is 2.42. The fourth-order valence-electron chi connectivity index (χ4n) is 2.81. The maximum Gasteiger partial charge on any atom is 0.417 e. The molecule has 1 aliphatic rings. The van der Waals surface area contributed by atoms with E-state index in [2.05, 4.69) is 0 Å². The number of rotatable bonds is 4. The third-order valence-corrected chi connectivity index (χ3v) is 5.26. The SMILES string of the molecule is O=C1CCCN1c1ccc(Sc2ccc(F)cc2CO)c(C(F)(F)F)c1. The normalized spacial score (nSPS) is 15.0. The Balaban J connectivity index is 2.00. The van der Waals surface area contributed by atoms with Crippen LogP contribution in [-0.2, 0) is 17.6 Å². The van der Waals surface area contributed by atoms with Crippen LogP contribution in [0, 0.1) is 5.82 Å². The minimum absolute atomic E-state index is 0.0748. The molecule has 1 heterocycles. The Labute approximate surface area is 151 Å². The van der Waals surface area contributed by atoms with Crippen LogP contribution >= 0.6 is 11.8 Å². The number of alkyl halides is 3. The van der Waals surface area contributed by atoms with Gasteiger partial charge in [0.05, 0.1) is 12.2 Å². The fourth-order valence-corrected chi connectivity index (χ4v) is 3.86. The Morgan fingerprint density at radius 1 is 1.12 bits per heavy atom. The molecule has 138 valence electrons. The highest BCUT2D eigenvalue weighted by Gasteiger charge is 2.35. The molecule has 8 heteroatoms. The van der Waals surface area contributed by atoms with Crippen molar-refractivity contribution in [1.29, 1.82) is 0 Å². The van der Waals surface area contributed by atoms with Crippen molar-refractivity contribution in [2.24, 2.45) is 0 Å². The number of hydrogen-bond acceptors (Lipinski definition) is 3. The van der Waals surface area contributed by atoms with E-state index < -0.39 is 24.2 Å². The standard InChI is InChI=1S/C18H15F4NO2S/c19-12-3-5-15(11(8-12)10-24)26-16-6-4-13(9-14(16)18(20,21)22)23-7-1-2-17(23)25/h3-6,8-9,24H,1-2,7,10H2. The lowest BCUT2D eigenvalue weighted by atomic mass is 10.2. The minimum atomic E-state index is -4.61. The Bertz CT molecular complexity index is 838. The molecule has 1 saturated heterocycles. The van der Waals surface area contributed by atoms with Gasteiger partial charge in [0.2, 0.25) is 5.91 Å². The number of anilines is 1. The Morgan fingerprint density at radius 2 is 1.85 bits per heavy atom. The quantitative estimate of drug-likeness (QED) is 0.781. The van der Waals surface area contributed by atoms with Crippen molar-refractivity contribution in [3.63, 3.8) is 0 Å². The molecule has 1 aliphatic heterocycles. The summed E-state index contributed by atoms with van der Waals surface area (Å²) in [5.74, 6) is -0.767. The van der Waals surface area contributed by atoms with E-state index in [9.17, 15) is 27.5 Å². The first-order valence-corrected chi connectivity index (χ1v) is 8.70. The lowest BCUT2D eigenvalue weighted by Crippen LogP contribution is -2.24. The smallest absolute Gasteiger partial charge is 0.392 e. The first-order chi connectivity index (χ1) is 12.3. The maximum absolute atomic E-state index is 13.5. The molecule has 0 unspecified atom stereocenters. The van der Waals surface area contributed by atoms with Gasteiger partial charge in [0.15, 0.2) is 0 Å². The Morgan fingerprint density at radius 3 is 2.46 bits per heavy atom. The monoisotopic (exact) mass is 385 g/mol. The predicted molar refractivity (Wildman–Crippen MR) is 89.5 cm³/mol. The second-order valence-corrected chi connectivity index (χ2v) is 6.92. The molecule has 2 aromatic rings.